The van der Waals surface area contributed by atoms with Crippen molar-refractivity contribution < 1.29 is 19.4 Å². The molecule has 1 aliphatic heterocycles. The van der Waals surface area contributed by atoms with Crippen LogP contribution in [-0.4, -0.2) is 42.8 Å². The van der Waals surface area contributed by atoms with Gasteiger partial charge in [0.15, 0.2) is 0 Å². The lowest BCUT2D eigenvalue weighted by atomic mass is 10.0. The summed E-state index contributed by atoms with van der Waals surface area (Å²) in [6.07, 6.45) is 0. The van der Waals surface area contributed by atoms with Crippen molar-refractivity contribution >= 4 is 11.9 Å². The molecule has 0 aromatic carbocycles. The lowest BCUT2D eigenvalue weighted by molar-refractivity contribution is -0.138. The van der Waals surface area contributed by atoms with Gasteiger partial charge < -0.3 is 20.9 Å². The van der Waals surface area contributed by atoms with Crippen LogP contribution >= 0.6 is 0 Å². The molecule has 0 spiro atoms. The van der Waals surface area contributed by atoms with Crippen molar-refractivity contribution in [2.45, 2.75) is 6.04 Å². The molecule has 0 aromatic heterocycles. The Labute approximate surface area is 75.0 Å². The Bertz CT molecular complexity index is 219. The summed E-state index contributed by atoms with van der Waals surface area (Å²) in [4.78, 5) is 21.3. The van der Waals surface area contributed by atoms with Gasteiger partial charge in [-0.1, -0.05) is 0 Å². The molecular formula is C7H12N2O4. The fourth-order valence-electron chi connectivity index (χ4n) is 1.13. The standard InChI is InChI=1S/C7H12N2O4/c8-5-3-13-2-4(5)7(12)9-1-6(10)11/h4-5H,1-3,8H2,(H,9,12)(H,10,11). The predicted molar refractivity (Wildman–Crippen MR) is 42.9 cm³/mol. The van der Waals surface area contributed by atoms with Crippen LogP contribution in [0.3, 0.4) is 0 Å². The van der Waals surface area contributed by atoms with Gasteiger partial charge >= 0.3 is 5.97 Å². The van der Waals surface area contributed by atoms with Crippen LogP contribution in [0.2, 0.25) is 0 Å². The molecule has 1 saturated heterocycles. The van der Waals surface area contributed by atoms with E-state index in [0.717, 1.165) is 0 Å². The van der Waals surface area contributed by atoms with Crippen molar-refractivity contribution in [1.29, 1.82) is 0 Å². The zero-order valence-corrected chi connectivity index (χ0v) is 7.03. The summed E-state index contributed by atoms with van der Waals surface area (Å²) in [5, 5.41) is 10.5. The lowest BCUT2D eigenvalue weighted by Crippen LogP contribution is -2.42. The van der Waals surface area contributed by atoms with Crippen LogP contribution in [0.4, 0.5) is 0 Å². The lowest BCUT2D eigenvalue weighted by Gasteiger charge is -2.11. The minimum atomic E-state index is -1.07. The summed E-state index contributed by atoms with van der Waals surface area (Å²) in [5.74, 6) is -1.84. The number of ether oxygens (including phenoxy) is 1. The first-order chi connectivity index (χ1) is 6.11. The van der Waals surface area contributed by atoms with Gasteiger partial charge in [-0.25, -0.2) is 0 Å². The highest BCUT2D eigenvalue weighted by Gasteiger charge is 2.31. The zero-order valence-electron chi connectivity index (χ0n) is 7.03. The quantitative estimate of drug-likeness (QED) is 0.483. The number of aliphatic carboxylic acids is 1. The molecule has 1 amide bonds. The van der Waals surface area contributed by atoms with E-state index in [0.29, 0.717) is 6.61 Å². The van der Waals surface area contributed by atoms with E-state index in [2.05, 4.69) is 5.32 Å². The Balaban J connectivity index is 2.34. The van der Waals surface area contributed by atoms with Gasteiger partial charge in [-0.2, -0.15) is 0 Å². The van der Waals surface area contributed by atoms with Crippen LogP contribution in [0.25, 0.3) is 0 Å². The number of carbonyl (C=O) groups is 2. The Morgan fingerprint density at radius 1 is 1.54 bits per heavy atom. The molecule has 13 heavy (non-hydrogen) atoms. The third-order valence-electron chi connectivity index (χ3n) is 1.88. The molecule has 4 N–H and O–H groups in total. The normalized spacial score (nSPS) is 27.2. The minimum absolute atomic E-state index is 0.270. The maximum Gasteiger partial charge on any atom is 0.322 e. The van der Waals surface area contributed by atoms with E-state index < -0.39 is 11.9 Å². The molecule has 6 heteroatoms. The highest BCUT2D eigenvalue weighted by Crippen LogP contribution is 2.10. The van der Waals surface area contributed by atoms with Crippen LogP contribution < -0.4 is 11.1 Å². The Hall–Kier alpha value is -1.14. The minimum Gasteiger partial charge on any atom is -0.480 e. The van der Waals surface area contributed by atoms with Crippen LogP contribution in [0.15, 0.2) is 0 Å². The number of amides is 1. The first-order valence-corrected chi connectivity index (χ1v) is 3.94. The van der Waals surface area contributed by atoms with Gasteiger partial charge in [-0.05, 0) is 0 Å². The monoisotopic (exact) mass is 188 g/mol. The fraction of sp³-hybridized carbons (Fsp3) is 0.714. The average Bonchev–Trinajstić information content (AvgIpc) is 2.47. The highest BCUT2D eigenvalue weighted by molar-refractivity contribution is 5.83. The molecule has 2 unspecified atom stereocenters. The van der Waals surface area contributed by atoms with E-state index >= 15 is 0 Å². The van der Waals surface area contributed by atoms with Gasteiger partial charge in [0, 0.05) is 6.04 Å². The summed E-state index contributed by atoms with van der Waals surface area (Å²) >= 11 is 0. The summed E-state index contributed by atoms with van der Waals surface area (Å²) in [7, 11) is 0. The molecule has 0 radical (unpaired) electrons. The van der Waals surface area contributed by atoms with Crippen molar-refractivity contribution in [3.05, 3.63) is 0 Å². The molecular weight excluding hydrogens is 176 g/mol. The van der Waals surface area contributed by atoms with E-state index in [4.69, 9.17) is 15.6 Å². The summed E-state index contributed by atoms with van der Waals surface area (Å²) in [6, 6.07) is -0.325. The van der Waals surface area contributed by atoms with Crippen LogP contribution in [0.1, 0.15) is 0 Å². The molecule has 1 rings (SSSR count). The number of nitrogens with one attached hydrogen (secondary N) is 1. The number of carbonyl (C=O) groups excluding carboxylic acids is 1. The maximum absolute atomic E-state index is 11.2. The topological polar surface area (TPSA) is 102 Å². The van der Waals surface area contributed by atoms with Crippen LogP contribution in [0, 0.1) is 5.92 Å². The van der Waals surface area contributed by atoms with Gasteiger partial charge in [0.05, 0.1) is 19.1 Å². The molecule has 74 valence electrons. The molecule has 2 atom stereocenters. The smallest absolute Gasteiger partial charge is 0.322 e. The Kier molecular flexibility index (Phi) is 3.21. The van der Waals surface area contributed by atoms with Crippen molar-refractivity contribution in [1.82, 2.24) is 5.32 Å². The molecule has 6 nitrogen and oxygen atoms in total. The molecule has 0 bridgehead atoms. The number of hydrogen-bond donors (Lipinski definition) is 3. The highest BCUT2D eigenvalue weighted by atomic mass is 16.5. The number of carboxylic acid groups (broad SMARTS) is 1. The van der Waals surface area contributed by atoms with Gasteiger partial charge in [0.25, 0.3) is 0 Å². The average molecular weight is 188 g/mol. The second kappa shape index (κ2) is 4.20. The number of carboxylic acids is 1. The van der Waals surface area contributed by atoms with Gasteiger partial charge in [0.2, 0.25) is 5.91 Å². The molecule has 1 heterocycles. The van der Waals surface area contributed by atoms with Crippen molar-refractivity contribution in [3.63, 3.8) is 0 Å². The summed E-state index contributed by atoms with van der Waals surface area (Å²) in [5.41, 5.74) is 5.55. The molecule has 0 aliphatic carbocycles. The van der Waals surface area contributed by atoms with Crippen molar-refractivity contribution in [3.8, 4) is 0 Å². The number of rotatable bonds is 3. The first kappa shape index (κ1) is 9.94. The third kappa shape index (κ3) is 2.67. The second-order valence-electron chi connectivity index (χ2n) is 2.92. The van der Waals surface area contributed by atoms with Gasteiger partial charge in [0.1, 0.15) is 6.54 Å². The molecule has 0 aromatic rings. The molecule has 1 fully saturated rings. The molecule has 0 saturated carbocycles. The largest absolute Gasteiger partial charge is 0.480 e. The summed E-state index contributed by atoms with van der Waals surface area (Å²) < 4.78 is 4.96. The van der Waals surface area contributed by atoms with E-state index in [1.165, 1.54) is 0 Å². The fourth-order valence-corrected chi connectivity index (χ4v) is 1.13. The van der Waals surface area contributed by atoms with E-state index in [-0.39, 0.29) is 25.1 Å². The predicted octanol–water partition coefficient (Wildman–Crippen LogP) is -1.84. The zero-order chi connectivity index (χ0) is 9.84. The van der Waals surface area contributed by atoms with Crippen molar-refractivity contribution in [2.24, 2.45) is 11.7 Å². The van der Waals surface area contributed by atoms with Gasteiger partial charge in [-0.15, -0.1) is 0 Å². The third-order valence-corrected chi connectivity index (χ3v) is 1.88. The summed E-state index contributed by atoms with van der Waals surface area (Å²) in [6.45, 7) is 0.250. The van der Waals surface area contributed by atoms with E-state index in [1.54, 1.807) is 0 Å². The van der Waals surface area contributed by atoms with Crippen LogP contribution in [0.5, 0.6) is 0 Å². The van der Waals surface area contributed by atoms with E-state index in [9.17, 15) is 9.59 Å². The van der Waals surface area contributed by atoms with Gasteiger partial charge in [-0.3, -0.25) is 9.59 Å². The Morgan fingerprint density at radius 3 is 2.69 bits per heavy atom. The van der Waals surface area contributed by atoms with Crippen molar-refractivity contribution in [2.75, 3.05) is 19.8 Å². The number of nitrogens with two attached hydrogens (primary N) is 1. The first-order valence-electron chi connectivity index (χ1n) is 3.94. The Morgan fingerprint density at radius 2 is 2.23 bits per heavy atom. The number of hydrogen-bond acceptors (Lipinski definition) is 4. The maximum atomic E-state index is 11.2. The molecule has 1 aliphatic rings. The second-order valence-corrected chi connectivity index (χ2v) is 2.92. The van der Waals surface area contributed by atoms with E-state index in [1.807, 2.05) is 0 Å². The van der Waals surface area contributed by atoms with Crippen LogP contribution in [-0.2, 0) is 14.3 Å². The SMILES string of the molecule is NC1COCC1C(=O)NCC(=O)O.